The minimum atomic E-state index is -3.11. The van der Waals surface area contributed by atoms with Gasteiger partial charge in [-0.2, -0.15) is 4.31 Å². The fourth-order valence-corrected chi connectivity index (χ4v) is 2.93. The van der Waals surface area contributed by atoms with E-state index in [1.54, 1.807) is 0 Å². The Morgan fingerprint density at radius 2 is 2.11 bits per heavy atom. The van der Waals surface area contributed by atoms with Crippen molar-refractivity contribution in [3.05, 3.63) is 35.9 Å². The molecule has 0 radical (unpaired) electrons. The fourth-order valence-electron chi connectivity index (χ4n) is 2.09. The van der Waals surface area contributed by atoms with Gasteiger partial charge in [-0.05, 0) is 5.56 Å². The SMILES string of the molecule is CS(=O)(=O)N1CCOC(CNCc2ccccc2)C1. The van der Waals surface area contributed by atoms with E-state index in [2.05, 4.69) is 17.4 Å². The summed E-state index contributed by atoms with van der Waals surface area (Å²) in [6.45, 7) is 2.76. The van der Waals surface area contributed by atoms with Crippen molar-refractivity contribution in [3.8, 4) is 0 Å². The second-order valence-electron chi connectivity index (χ2n) is 4.73. The van der Waals surface area contributed by atoms with Crippen LogP contribution in [0.1, 0.15) is 5.56 Å². The summed E-state index contributed by atoms with van der Waals surface area (Å²) in [5.74, 6) is 0. The molecule has 1 aromatic rings. The average molecular weight is 284 g/mol. The van der Waals surface area contributed by atoms with Crippen molar-refractivity contribution in [2.75, 3.05) is 32.5 Å². The highest BCUT2D eigenvalue weighted by atomic mass is 32.2. The Bertz CT molecular complexity index is 490. The molecule has 1 fully saturated rings. The molecule has 1 atom stereocenters. The van der Waals surface area contributed by atoms with E-state index >= 15 is 0 Å². The van der Waals surface area contributed by atoms with Crippen molar-refractivity contribution >= 4 is 10.0 Å². The van der Waals surface area contributed by atoms with E-state index in [0.717, 1.165) is 6.54 Å². The van der Waals surface area contributed by atoms with Gasteiger partial charge in [0, 0.05) is 26.2 Å². The first-order valence-corrected chi connectivity index (χ1v) is 8.22. The number of ether oxygens (including phenoxy) is 1. The summed E-state index contributed by atoms with van der Waals surface area (Å²) in [4.78, 5) is 0. The normalized spacial score (nSPS) is 21.4. The molecule has 1 aliphatic heterocycles. The van der Waals surface area contributed by atoms with Gasteiger partial charge in [0.2, 0.25) is 10.0 Å². The first-order valence-electron chi connectivity index (χ1n) is 6.37. The molecule has 0 saturated carbocycles. The van der Waals surface area contributed by atoms with Gasteiger partial charge in [0.25, 0.3) is 0 Å². The molecule has 6 heteroatoms. The number of sulfonamides is 1. The lowest BCUT2D eigenvalue weighted by atomic mass is 10.2. The summed E-state index contributed by atoms with van der Waals surface area (Å²) in [6.07, 6.45) is 1.17. The number of rotatable bonds is 5. The van der Waals surface area contributed by atoms with Gasteiger partial charge in [-0.15, -0.1) is 0 Å². The van der Waals surface area contributed by atoms with E-state index in [1.807, 2.05) is 18.2 Å². The molecule has 19 heavy (non-hydrogen) atoms. The third-order valence-electron chi connectivity index (χ3n) is 3.11. The highest BCUT2D eigenvalue weighted by Gasteiger charge is 2.25. The first kappa shape index (κ1) is 14.5. The number of nitrogens with zero attached hydrogens (tertiary/aromatic N) is 1. The van der Waals surface area contributed by atoms with Gasteiger partial charge in [-0.1, -0.05) is 30.3 Å². The van der Waals surface area contributed by atoms with E-state index in [0.29, 0.717) is 26.2 Å². The van der Waals surface area contributed by atoms with Crippen LogP contribution in [0.25, 0.3) is 0 Å². The predicted molar refractivity (Wildman–Crippen MR) is 74.3 cm³/mol. The van der Waals surface area contributed by atoms with Gasteiger partial charge >= 0.3 is 0 Å². The Morgan fingerprint density at radius 3 is 2.79 bits per heavy atom. The van der Waals surface area contributed by atoms with Gasteiger partial charge < -0.3 is 10.1 Å². The van der Waals surface area contributed by atoms with Gasteiger partial charge in [-0.3, -0.25) is 0 Å². The molecular weight excluding hydrogens is 264 g/mol. The lowest BCUT2D eigenvalue weighted by Gasteiger charge is -2.31. The van der Waals surface area contributed by atoms with Gasteiger partial charge in [-0.25, -0.2) is 8.42 Å². The van der Waals surface area contributed by atoms with Crippen LogP contribution in [0.4, 0.5) is 0 Å². The molecule has 1 aliphatic rings. The maximum absolute atomic E-state index is 11.5. The van der Waals surface area contributed by atoms with Crippen LogP contribution in [0, 0.1) is 0 Å². The average Bonchev–Trinajstić information content (AvgIpc) is 2.39. The smallest absolute Gasteiger partial charge is 0.211 e. The van der Waals surface area contributed by atoms with E-state index in [1.165, 1.54) is 16.1 Å². The topological polar surface area (TPSA) is 58.6 Å². The molecule has 1 saturated heterocycles. The van der Waals surface area contributed by atoms with Crippen molar-refractivity contribution < 1.29 is 13.2 Å². The van der Waals surface area contributed by atoms with E-state index in [-0.39, 0.29) is 6.10 Å². The fraction of sp³-hybridized carbons (Fsp3) is 0.538. The Labute approximate surface area is 114 Å². The molecule has 1 aromatic carbocycles. The monoisotopic (exact) mass is 284 g/mol. The van der Waals surface area contributed by atoms with Crippen molar-refractivity contribution in [2.24, 2.45) is 0 Å². The number of morpholine rings is 1. The second kappa shape index (κ2) is 6.47. The molecule has 0 amide bonds. The number of nitrogens with one attached hydrogen (secondary N) is 1. The maximum Gasteiger partial charge on any atom is 0.211 e. The molecule has 1 heterocycles. The molecular formula is C13H20N2O3S. The number of hydrogen-bond donors (Lipinski definition) is 1. The van der Waals surface area contributed by atoms with Crippen LogP contribution in [0.15, 0.2) is 30.3 Å². The minimum Gasteiger partial charge on any atom is -0.374 e. The highest BCUT2D eigenvalue weighted by Crippen LogP contribution is 2.08. The zero-order valence-electron chi connectivity index (χ0n) is 11.1. The van der Waals surface area contributed by atoms with Gasteiger partial charge in [0.15, 0.2) is 0 Å². The Morgan fingerprint density at radius 1 is 1.37 bits per heavy atom. The Kier molecular flexibility index (Phi) is 4.93. The third-order valence-corrected chi connectivity index (χ3v) is 4.38. The summed E-state index contributed by atoms with van der Waals surface area (Å²) in [7, 11) is -3.11. The van der Waals surface area contributed by atoms with Crippen LogP contribution < -0.4 is 5.32 Å². The molecule has 1 N–H and O–H groups in total. The van der Waals surface area contributed by atoms with Crippen LogP contribution in [-0.4, -0.2) is 51.3 Å². The molecule has 5 nitrogen and oxygen atoms in total. The summed E-state index contributed by atoms with van der Waals surface area (Å²) in [5.41, 5.74) is 1.21. The van der Waals surface area contributed by atoms with Gasteiger partial charge in [0.1, 0.15) is 0 Å². The number of hydrogen-bond acceptors (Lipinski definition) is 4. The van der Waals surface area contributed by atoms with Crippen LogP contribution in [0.3, 0.4) is 0 Å². The molecule has 0 spiro atoms. The lowest BCUT2D eigenvalue weighted by Crippen LogP contribution is -2.48. The van der Waals surface area contributed by atoms with Crippen LogP contribution in [-0.2, 0) is 21.3 Å². The summed E-state index contributed by atoms with van der Waals surface area (Å²) >= 11 is 0. The molecule has 0 aliphatic carbocycles. The van der Waals surface area contributed by atoms with Crippen LogP contribution in [0.5, 0.6) is 0 Å². The number of benzene rings is 1. The van der Waals surface area contributed by atoms with Crippen LogP contribution in [0.2, 0.25) is 0 Å². The molecule has 106 valence electrons. The predicted octanol–water partition coefficient (Wildman–Crippen LogP) is 0.437. The van der Waals surface area contributed by atoms with E-state index in [9.17, 15) is 8.42 Å². The quantitative estimate of drug-likeness (QED) is 0.852. The second-order valence-corrected chi connectivity index (χ2v) is 6.71. The van der Waals surface area contributed by atoms with E-state index < -0.39 is 10.0 Å². The van der Waals surface area contributed by atoms with Crippen molar-refractivity contribution in [3.63, 3.8) is 0 Å². The highest BCUT2D eigenvalue weighted by molar-refractivity contribution is 7.88. The minimum absolute atomic E-state index is 0.0767. The molecule has 0 bridgehead atoms. The Balaban J connectivity index is 1.77. The largest absolute Gasteiger partial charge is 0.374 e. The summed E-state index contributed by atoms with van der Waals surface area (Å²) < 4.78 is 30.0. The Hall–Kier alpha value is -0.950. The van der Waals surface area contributed by atoms with E-state index in [4.69, 9.17) is 4.74 Å². The van der Waals surface area contributed by atoms with Gasteiger partial charge in [0.05, 0.1) is 19.0 Å². The summed E-state index contributed by atoms with van der Waals surface area (Å²) in [6, 6.07) is 10.1. The maximum atomic E-state index is 11.5. The van der Waals surface area contributed by atoms with Crippen molar-refractivity contribution in [2.45, 2.75) is 12.6 Å². The summed E-state index contributed by atoms with van der Waals surface area (Å²) in [5, 5.41) is 3.30. The first-order chi connectivity index (χ1) is 9.05. The van der Waals surface area contributed by atoms with Crippen molar-refractivity contribution in [1.29, 1.82) is 0 Å². The van der Waals surface area contributed by atoms with Crippen LogP contribution >= 0.6 is 0 Å². The molecule has 2 rings (SSSR count). The van der Waals surface area contributed by atoms with Crippen molar-refractivity contribution in [1.82, 2.24) is 9.62 Å². The lowest BCUT2D eigenvalue weighted by molar-refractivity contribution is -0.000102. The zero-order valence-corrected chi connectivity index (χ0v) is 11.9. The molecule has 0 aromatic heterocycles. The molecule has 1 unspecified atom stereocenters. The standard InChI is InChI=1S/C13H20N2O3S/c1-19(16,17)15-7-8-18-13(11-15)10-14-9-12-5-3-2-4-6-12/h2-6,13-14H,7-11H2,1H3. The third kappa shape index (κ3) is 4.58. The zero-order chi connectivity index (χ0) is 13.7.